The van der Waals surface area contributed by atoms with E-state index in [0.717, 1.165) is 17.1 Å². The maximum atomic E-state index is 12.1. The van der Waals surface area contributed by atoms with Gasteiger partial charge in [-0.2, -0.15) is 0 Å². The highest BCUT2D eigenvalue weighted by Crippen LogP contribution is 2.34. The van der Waals surface area contributed by atoms with Gasteiger partial charge in [-0.05, 0) is 12.1 Å². The van der Waals surface area contributed by atoms with Crippen molar-refractivity contribution in [3.63, 3.8) is 0 Å². The van der Waals surface area contributed by atoms with Crippen molar-refractivity contribution in [3.8, 4) is 11.5 Å². The monoisotopic (exact) mass is 299 g/mol. The average Bonchev–Trinajstić information content (AvgIpc) is 2.95. The van der Waals surface area contributed by atoms with Crippen LogP contribution in [-0.2, 0) is 11.3 Å². The van der Waals surface area contributed by atoms with Crippen LogP contribution in [0, 0.1) is 0 Å². The van der Waals surface area contributed by atoms with Crippen molar-refractivity contribution in [1.29, 1.82) is 0 Å². The van der Waals surface area contributed by atoms with Crippen molar-refractivity contribution in [2.75, 3.05) is 25.7 Å². The topological polar surface area (TPSA) is 52.0 Å². The van der Waals surface area contributed by atoms with Crippen LogP contribution in [0.15, 0.2) is 48.5 Å². The Morgan fingerprint density at radius 2 is 1.91 bits per heavy atom. The Morgan fingerprint density at radius 3 is 2.73 bits per heavy atom. The Balaban J connectivity index is 1.54. The number of ether oxygens (including phenoxy) is 2. The van der Waals surface area contributed by atoms with Gasteiger partial charge in [-0.3, -0.25) is 4.79 Å². The molecule has 1 atom stereocenters. The summed E-state index contributed by atoms with van der Waals surface area (Å²) in [5.74, 6) is 1.36. The van der Waals surface area contributed by atoms with E-state index in [1.807, 2.05) is 31.3 Å². The van der Waals surface area contributed by atoms with Crippen LogP contribution in [0.5, 0.6) is 11.5 Å². The second kappa shape index (κ2) is 6.49. The third-order valence-electron chi connectivity index (χ3n) is 3.47. The van der Waals surface area contributed by atoms with Crippen molar-refractivity contribution in [1.82, 2.24) is 0 Å². The third-order valence-corrected chi connectivity index (χ3v) is 3.47. The fourth-order valence-electron chi connectivity index (χ4n) is 2.46. The molecule has 22 heavy (non-hydrogen) atoms. The summed E-state index contributed by atoms with van der Waals surface area (Å²) in [6.07, 6.45) is 0. The first kappa shape index (κ1) is 14.4. The molecule has 0 spiro atoms. The van der Waals surface area contributed by atoms with E-state index in [1.54, 1.807) is 12.1 Å². The molecule has 114 valence electrons. The fourth-order valence-corrected chi connectivity index (χ4v) is 2.46. The zero-order valence-corrected chi connectivity index (χ0v) is 12.5. The number of fused-ring (bicyclic) bond motifs is 1. The second-order valence-electron chi connectivity index (χ2n) is 5.41. The van der Waals surface area contributed by atoms with Crippen molar-refractivity contribution in [3.05, 3.63) is 54.1 Å². The van der Waals surface area contributed by atoms with Crippen LogP contribution >= 0.6 is 0 Å². The highest BCUT2D eigenvalue weighted by atomic mass is 16.7. The molecule has 0 bridgehead atoms. The van der Waals surface area contributed by atoms with Gasteiger partial charge in [0.05, 0.1) is 7.05 Å². The number of rotatable bonds is 5. The van der Waals surface area contributed by atoms with Crippen LogP contribution in [0.4, 0.5) is 5.69 Å². The van der Waals surface area contributed by atoms with Gasteiger partial charge in [0.2, 0.25) is 6.79 Å². The van der Waals surface area contributed by atoms with Crippen LogP contribution in [0.3, 0.4) is 0 Å². The maximum absolute atomic E-state index is 12.1. The molecule has 0 aliphatic carbocycles. The molecular weight excluding hydrogens is 280 g/mol. The smallest absolute Gasteiger partial charge is 0.279 e. The summed E-state index contributed by atoms with van der Waals surface area (Å²) in [5.41, 5.74) is 1.94. The van der Waals surface area contributed by atoms with Gasteiger partial charge in [0.1, 0.15) is 6.54 Å². The largest absolute Gasteiger partial charge is 0.454 e. The Labute approximate surface area is 129 Å². The van der Waals surface area contributed by atoms with E-state index in [2.05, 4.69) is 17.4 Å². The number of hydrogen-bond acceptors (Lipinski definition) is 3. The van der Waals surface area contributed by atoms with Crippen molar-refractivity contribution < 1.29 is 19.2 Å². The standard InChI is InChI=1S/C17H18N2O3/c1-19(10-13-5-3-2-4-6-13)11-17(20)18-14-7-8-15-16(9-14)22-12-21-15/h2-9H,10-12H2,1H3,(H,18,20)/p+1. The molecule has 1 unspecified atom stereocenters. The molecule has 3 rings (SSSR count). The molecule has 0 fully saturated rings. The lowest BCUT2D eigenvalue weighted by molar-refractivity contribution is -0.885. The van der Waals surface area contributed by atoms with E-state index < -0.39 is 0 Å². The SMILES string of the molecule is C[NH+](CC(=O)Nc1ccc2c(c1)OCO2)Cc1ccccc1. The van der Waals surface area contributed by atoms with E-state index in [9.17, 15) is 4.79 Å². The Bertz CT molecular complexity index is 658. The van der Waals surface area contributed by atoms with Crippen LogP contribution < -0.4 is 19.7 Å². The van der Waals surface area contributed by atoms with Crippen LogP contribution in [0.25, 0.3) is 0 Å². The molecule has 1 aliphatic heterocycles. The van der Waals surface area contributed by atoms with Crippen molar-refractivity contribution in [2.45, 2.75) is 6.54 Å². The lowest BCUT2D eigenvalue weighted by atomic mass is 10.2. The summed E-state index contributed by atoms with van der Waals surface area (Å²) in [5, 5.41) is 2.89. The summed E-state index contributed by atoms with van der Waals surface area (Å²) in [7, 11) is 2.01. The summed E-state index contributed by atoms with van der Waals surface area (Å²) in [6.45, 7) is 1.45. The number of amides is 1. The molecule has 5 heteroatoms. The van der Waals surface area contributed by atoms with Gasteiger partial charge >= 0.3 is 0 Å². The van der Waals surface area contributed by atoms with Gasteiger partial charge in [0, 0.05) is 17.3 Å². The molecule has 2 N–H and O–H groups in total. The molecule has 1 amide bonds. The fraction of sp³-hybridized carbons (Fsp3) is 0.235. The Hall–Kier alpha value is -2.53. The number of likely N-dealkylation sites (N-methyl/N-ethyl adjacent to an activating group) is 1. The molecule has 2 aromatic carbocycles. The molecular formula is C17H19N2O3+. The van der Waals surface area contributed by atoms with Gasteiger partial charge in [0.25, 0.3) is 5.91 Å². The minimum atomic E-state index is -0.0210. The van der Waals surface area contributed by atoms with E-state index in [0.29, 0.717) is 18.0 Å². The highest BCUT2D eigenvalue weighted by Gasteiger charge is 2.15. The summed E-state index contributed by atoms with van der Waals surface area (Å²) in [4.78, 5) is 13.2. The van der Waals surface area contributed by atoms with E-state index >= 15 is 0 Å². The van der Waals surface area contributed by atoms with E-state index in [-0.39, 0.29) is 12.7 Å². The Morgan fingerprint density at radius 1 is 1.14 bits per heavy atom. The number of carbonyl (C=O) groups excluding carboxylic acids is 1. The van der Waals surface area contributed by atoms with Crippen LogP contribution in [-0.4, -0.2) is 26.3 Å². The van der Waals surface area contributed by atoms with Crippen molar-refractivity contribution >= 4 is 11.6 Å². The highest BCUT2D eigenvalue weighted by molar-refractivity contribution is 5.91. The van der Waals surface area contributed by atoms with Crippen LogP contribution in [0.1, 0.15) is 5.56 Å². The van der Waals surface area contributed by atoms with E-state index in [1.165, 1.54) is 5.56 Å². The first-order valence-corrected chi connectivity index (χ1v) is 7.25. The summed E-state index contributed by atoms with van der Waals surface area (Å²) >= 11 is 0. The van der Waals surface area contributed by atoms with E-state index in [4.69, 9.17) is 9.47 Å². The molecule has 2 aromatic rings. The van der Waals surface area contributed by atoms with Crippen LogP contribution in [0.2, 0.25) is 0 Å². The molecule has 5 nitrogen and oxygen atoms in total. The van der Waals surface area contributed by atoms with Gasteiger partial charge < -0.3 is 19.7 Å². The van der Waals surface area contributed by atoms with Gasteiger partial charge in [-0.25, -0.2) is 0 Å². The number of anilines is 1. The second-order valence-corrected chi connectivity index (χ2v) is 5.41. The first-order valence-electron chi connectivity index (χ1n) is 7.25. The first-order chi connectivity index (χ1) is 10.7. The Kier molecular flexibility index (Phi) is 4.25. The molecule has 1 aliphatic rings. The number of benzene rings is 2. The van der Waals surface area contributed by atoms with Crippen molar-refractivity contribution in [2.24, 2.45) is 0 Å². The van der Waals surface area contributed by atoms with Gasteiger partial charge in [0.15, 0.2) is 18.0 Å². The van der Waals surface area contributed by atoms with Gasteiger partial charge in [-0.15, -0.1) is 0 Å². The number of nitrogens with one attached hydrogen (secondary N) is 2. The summed E-state index contributed by atoms with van der Waals surface area (Å²) in [6, 6.07) is 15.6. The number of carbonyl (C=O) groups is 1. The number of hydrogen-bond donors (Lipinski definition) is 2. The molecule has 0 saturated heterocycles. The molecule has 0 saturated carbocycles. The zero-order chi connectivity index (χ0) is 15.4. The molecule has 1 heterocycles. The lowest BCUT2D eigenvalue weighted by Crippen LogP contribution is -3.08. The minimum absolute atomic E-state index is 0.0210. The molecule has 0 radical (unpaired) electrons. The molecule has 0 aromatic heterocycles. The predicted octanol–water partition coefficient (Wildman–Crippen LogP) is 1.07. The maximum Gasteiger partial charge on any atom is 0.279 e. The summed E-state index contributed by atoms with van der Waals surface area (Å²) < 4.78 is 10.6. The number of quaternary nitrogens is 1. The predicted molar refractivity (Wildman–Crippen MR) is 83.1 cm³/mol. The zero-order valence-electron chi connectivity index (χ0n) is 12.5. The third kappa shape index (κ3) is 3.56. The van der Waals surface area contributed by atoms with Gasteiger partial charge in [-0.1, -0.05) is 30.3 Å². The normalized spacial score (nSPS) is 13.7. The lowest BCUT2D eigenvalue weighted by Gasteiger charge is -2.14. The minimum Gasteiger partial charge on any atom is -0.454 e. The quantitative estimate of drug-likeness (QED) is 0.868. The average molecular weight is 299 g/mol.